The predicted octanol–water partition coefficient (Wildman–Crippen LogP) is 5.71. The predicted molar refractivity (Wildman–Crippen MR) is 223 cm³/mol. The van der Waals surface area contributed by atoms with Crippen LogP contribution in [0.4, 0.5) is 27.8 Å². The highest BCUT2D eigenvalue weighted by molar-refractivity contribution is 6.04. The number of ether oxygens (including phenoxy) is 3. The van der Waals surface area contributed by atoms with Gasteiger partial charge in [0.05, 0.1) is 24.0 Å². The van der Waals surface area contributed by atoms with E-state index >= 15 is 0 Å². The van der Waals surface area contributed by atoms with Crippen molar-refractivity contribution in [3.05, 3.63) is 101 Å². The molecule has 0 saturated carbocycles. The number of nitrogen functional groups attached to an aromatic ring is 1. The van der Waals surface area contributed by atoms with Gasteiger partial charge in [-0.3, -0.25) is 29.7 Å². The molecule has 17 heteroatoms. The van der Waals surface area contributed by atoms with Gasteiger partial charge in [0.2, 0.25) is 17.8 Å². The van der Waals surface area contributed by atoms with E-state index in [1.54, 1.807) is 67.3 Å². The van der Waals surface area contributed by atoms with E-state index in [1.807, 2.05) is 31.2 Å². The van der Waals surface area contributed by atoms with Crippen LogP contribution in [-0.4, -0.2) is 69.0 Å². The molecule has 3 aromatic carbocycles. The number of hydrogen-bond acceptors (Lipinski definition) is 11. The van der Waals surface area contributed by atoms with Gasteiger partial charge in [-0.15, -0.1) is 0 Å². The topological polar surface area (TPSA) is 246 Å². The largest absolute Gasteiger partial charge is 0.494 e. The summed E-state index contributed by atoms with van der Waals surface area (Å²) in [7, 11) is 1.46. The first kappa shape index (κ1) is 41.9. The zero-order valence-corrected chi connectivity index (χ0v) is 33.2. The first-order chi connectivity index (χ1) is 27.6. The lowest BCUT2D eigenvalue weighted by atomic mass is 10.1. The maximum absolute atomic E-state index is 13.4. The zero-order chi connectivity index (χ0) is 42.1. The van der Waals surface area contributed by atoms with Crippen LogP contribution in [0.5, 0.6) is 11.5 Å². The van der Waals surface area contributed by atoms with Crippen LogP contribution in [0.15, 0.2) is 72.8 Å². The maximum Gasteiger partial charge on any atom is 0.412 e. The second-order valence-corrected chi connectivity index (χ2v) is 14.0. The number of nitrogens with one attached hydrogen (secondary N) is 3. The number of nitrogens with two attached hydrogens (primary N) is 3. The molecule has 9 N–H and O–H groups in total. The van der Waals surface area contributed by atoms with Gasteiger partial charge in [-0.1, -0.05) is 30.4 Å². The number of rotatable bonds is 16. The molecule has 5 aromatic rings. The van der Waals surface area contributed by atoms with Gasteiger partial charge in [0.1, 0.15) is 40.6 Å². The number of primary amides is 2. The van der Waals surface area contributed by atoms with Crippen molar-refractivity contribution >= 4 is 63.9 Å². The third-order valence-electron chi connectivity index (χ3n) is 8.42. The number of imidazole rings is 1. The van der Waals surface area contributed by atoms with E-state index in [4.69, 9.17) is 31.4 Å². The normalized spacial score (nSPS) is 11.6. The van der Waals surface area contributed by atoms with Gasteiger partial charge in [0, 0.05) is 36.4 Å². The molecule has 0 atom stereocenters. The number of fused-ring (bicyclic) bond motifs is 1. The summed E-state index contributed by atoms with van der Waals surface area (Å²) in [6, 6.07) is 14.9. The minimum absolute atomic E-state index is 0.107. The minimum Gasteiger partial charge on any atom is -0.494 e. The lowest BCUT2D eigenvalue weighted by molar-refractivity contribution is 0.0635. The van der Waals surface area contributed by atoms with Crippen molar-refractivity contribution in [3.63, 3.8) is 0 Å². The van der Waals surface area contributed by atoms with Crippen LogP contribution >= 0.6 is 0 Å². The molecule has 0 fully saturated rings. The summed E-state index contributed by atoms with van der Waals surface area (Å²) >= 11 is 0. The molecule has 0 aliphatic carbocycles. The van der Waals surface area contributed by atoms with E-state index in [1.165, 1.54) is 31.4 Å². The molecule has 0 radical (unpaired) electrons. The summed E-state index contributed by atoms with van der Waals surface area (Å²) < 4.78 is 20.3. The average Bonchev–Trinajstić information content (AvgIpc) is 3.71. The molecule has 304 valence electrons. The molecule has 2 heterocycles. The monoisotopic (exact) mass is 792 g/mol. The Morgan fingerprint density at radius 3 is 2.33 bits per heavy atom. The molecule has 5 rings (SSSR count). The Hall–Kier alpha value is -7.30. The second-order valence-electron chi connectivity index (χ2n) is 14.0. The molecular formula is C41H48N10O7. The maximum atomic E-state index is 13.4. The highest BCUT2D eigenvalue weighted by atomic mass is 16.6. The Morgan fingerprint density at radius 2 is 1.64 bits per heavy atom. The van der Waals surface area contributed by atoms with Crippen molar-refractivity contribution in [1.82, 2.24) is 19.3 Å². The standard InChI is InChI=1S/C41H48N10O7/c1-7-51-31(18-24(2)49-51)38(54)48-39-47-30-21-27(37(44)53)23-33(56-6)35(30)50(39)16-9-8-15-45-34-29(42)20-26(36(43)52)22-32(34)57-17-11-13-25-12-10-14-28(19-25)46-40(55)58-41(3,4)5/h8-14,18-23,45H,7,15-17,42H2,1-6H3,(H2,43,52)(H2,44,53)(H,46,55)(H,47,48,54)/b9-8+,13-11+. The molecule has 0 saturated heterocycles. The van der Waals surface area contributed by atoms with Gasteiger partial charge in [-0.05, 0) is 88.7 Å². The summed E-state index contributed by atoms with van der Waals surface area (Å²) in [6.07, 6.45) is 6.70. The fourth-order valence-corrected chi connectivity index (χ4v) is 5.91. The number of benzene rings is 3. The van der Waals surface area contributed by atoms with Crippen molar-refractivity contribution in [3.8, 4) is 11.5 Å². The van der Waals surface area contributed by atoms with Crippen LogP contribution in [0.1, 0.15) is 70.2 Å². The molecule has 58 heavy (non-hydrogen) atoms. The summed E-state index contributed by atoms with van der Waals surface area (Å²) in [5.74, 6) is -0.899. The van der Waals surface area contributed by atoms with Crippen LogP contribution in [0.25, 0.3) is 17.1 Å². The number of nitrogens with zero attached hydrogens (tertiary/aromatic N) is 4. The SMILES string of the molecule is CCn1nc(C)cc1C(=O)Nc1nc2cc(C(N)=O)cc(OC)c2n1C/C=C/CNc1c(N)cc(C(N)=O)cc1OC/C=C/c1cccc(NC(=O)OC(C)(C)C)c1. The number of carbonyl (C=O) groups excluding carboxylic acids is 4. The number of carbonyl (C=O) groups is 4. The third-order valence-corrected chi connectivity index (χ3v) is 8.42. The number of methoxy groups -OCH3 is 1. The first-order valence-corrected chi connectivity index (χ1v) is 18.3. The Bertz CT molecular complexity index is 2410. The van der Waals surface area contributed by atoms with E-state index in [9.17, 15) is 19.2 Å². The van der Waals surface area contributed by atoms with Gasteiger partial charge in [-0.25, -0.2) is 9.78 Å². The summed E-state index contributed by atoms with van der Waals surface area (Å²) in [4.78, 5) is 54.5. The number of aryl methyl sites for hydroxylation is 2. The number of hydrogen-bond donors (Lipinski definition) is 6. The molecule has 2 aromatic heterocycles. The van der Waals surface area contributed by atoms with Crippen molar-refractivity contribution < 1.29 is 33.4 Å². The number of anilines is 4. The van der Waals surface area contributed by atoms with Crippen LogP contribution < -0.4 is 42.6 Å². The number of allylic oxidation sites excluding steroid dienone is 1. The van der Waals surface area contributed by atoms with Crippen molar-refractivity contribution in [2.45, 2.75) is 53.3 Å². The van der Waals surface area contributed by atoms with Gasteiger partial charge in [-0.2, -0.15) is 5.10 Å². The summed E-state index contributed by atoms with van der Waals surface area (Å²) in [5, 5.41) is 13.2. The molecular weight excluding hydrogens is 745 g/mol. The van der Waals surface area contributed by atoms with Crippen molar-refractivity contribution in [2.24, 2.45) is 11.5 Å². The van der Waals surface area contributed by atoms with E-state index in [-0.39, 0.29) is 42.5 Å². The van der Waals surface area contributed by atoms with Gasteiger partial charge >= 0.3 is 6.09 Å². The lowest BCUT2D eigenvalue weighted by Crippen LogP contribution is -2.27. The van der Waals surface area contributed by atoms with Crippen LogP contribution in [-0.2, 0) is 17.8 Å². The van der Waals surface area contributed by atoms with Crippen molar-refractivity contribution in [2.75, 3.05) is 41.9 Å². The highest BCUT2D eigenvalue weighted by Crippen LogP contribution is 2.33. The molecule has 0 spiro atoms. The third kappa shape index (κ3) is 10.5. The Labute approximate surface area is 335 Å². The Morgan fingerprint density at radius 1 is 0.914 bits per heavy atom. The van der Waals surface area contributed by atoms with Gasteiger partial charge < -0.3 is 41.3 Å². The highest BCUT2D eigenvalue weighted by Gasteiger charge is 2.22. The minimum atomic E-state index is -0.670. The van der Waals surface area contributed by atoms with Crippen LogP contribution in [0.2, 0.25) is 0 Å². The van der Waals surface area contributed by atoms with Gasteiger partial charge in [0.15, 0.2) is 0 Å². The molecule has 0 aliphatic rings. The van der Waals surface area contributed by atoms with E-state index in [0.717, 1.165) is 5.56 Å². The van der Waals surface area contributed by atoms with E-state index < -0.39 is 29.4 Å². The lowest BCUT2D eigenvalue weighted by Gasteiger charge is -2.19. The van der Waals surface area contributed by atoms with Gasteiger partial charge in [0.25, 0.3) is 5.91 Å². The quantitative estimate of drug-likeness (QED) is 0.0522. The zero-order valence-electron chi connectivity index (χ0n) is 33.2. The summed E-state index contributed by atoms with van der Waals surface area (Å²) in [5.41, 5.74) is 21.3. The molecule has 0 aliphatic heterocycles. The molecule has 0 unspecified atom stereocenters. The Kier molecular flexibility index (Phi) is 13.1. The van der Waals surface area contributed by atoms with E-state index in [0.29, 0.717) is 51.8 Å². The first-order valence-electron chi connectivity index (χ1n) is 18.3. The number of aromatic nitrogens is 4. The molecule has 4 amide bonds. The fraction of sp³-hybridized carbons (Fsp3) is 0.268. The average molecular weight is 793 g/mol. The summed E-state index contributed by atoms with van der Waals surface area (Å²) in [6.45, 7) is 10.1. The molecule has 17 nitrogen and oxygen atoms in total. The smallest absolute Gasteiger partial charge is 0.412 e. The van der Waals surface area contributed by atoms with Crippen LogP contribution in [0, 0.1) is 6.92 Å². The fourth-order valence-electron chi connectivity index (χ4n) is 5.91. The second kappa shape index (κ2) is 18.1. The number of amides is 4. The van der Waals surface area contributed by atoms with Crippen LogP contribution in [0.3, 0.4) is 0 Å². The Balaban J connectivity index is 1.32. The molecule has 0 bridgehead atoms. The van der Waals surface area contributed by atoms with Crippen molar-refractivity contribution in [1.29, 1.82) is 0 Å². The van der Waals surface area contributed by atoms with E-state index in [2.05, 4.69) is 26.0 Å².